The Morgan fingerprint density at radius 3 is 1.93 bits per heavy atom. The number of rotatable bonds is 3. The van der Waals surface area contributed by atoms with E-state index in [0.717, 1.165) is 69.9 Å². The van der Waals surface area contributed by atoms with Crippen LogP contribution in [-0.2, 0) is 20.9 Å². The molecule has 0 aromatic heterocycles. The van der Waals surface area contributed by atoms with E-state index >= 15 is 0 Å². The Morgan fingerprint density at radius 1 is 0.931 bits per heavy atom. The number of carboxylic acids is 2. The zero-order valence-corrected chi connectivity index (χ0v) is 16.7. The monoisotopic (exact) mass is 408 g/mol. The molecule has 0 bridgehead atoms. The Kier molecular flexibility index (Phi) is 8.57. The summed E-state index contributed by atoms with van der Waals surface area (Å²) >= 11 is 0. The van der Waals surface area contributed by atoms with Gasteiger partial charge in [-0.1, -0.05) is 19.1 Å². The minimum Gasteiger partial charge on any atom is -0.473 e. The lowest BCUT2D eigenvalue weighted by Gasteiger charge is -2.36. The number of benzene rings is 1. The van der Waals surface area contributed by atoms with E-state index in [1.807, 2.05) is 12.1 Å². The van der Waals surface area contributed by atoms with Gasteiger partial charge in [0, 0.05) is 25.6 Å². The number of carboxylic acid groups (broad SMARTS) is 2. The molecule has 1 amide bonds. The summed E-state index contributed by atoms with van der Waals surface area (Å²) in [4.78, 5) is 35.3. The van der Waals surface area contributed by atoms with Gasteiger partial charge in [-0.15, -0.1) is 0 Å². The summed E-state index contributed by atoms with van der Waals surface area (Å²) in [6, 6.07) is 6.73. The molecule has 1 aromatic rings. The van der Waals surface area contributed by atoms with E-state index < -0.39 is 11.9 Å². The molecular weight excluding hydrogens is 379 g/mol. The number of likely N-dealkylation sites (tertiary alicyclic amines) is 2. The van der Waals surface area contributed by atoms with Crippen molar-refractivity contribution < 1.29 is 29.0 Å². The van der Waals surface area contributed by atoms with Gasteiger partial charge in [-0.25, -0.2) is 14.0 Å². The fraction of sp³-hybridized carbons (Fsp3) is 0.571. The van der Waals surface area contributed by atoms with Crippen molar-refractivity contribution in [3.8, 4) is 0 Å². The van der Waals surface area contributed by atoms with Crippen molar-refractivity contribution >= 4 is 17.8 Å². The summed E-state index contributed by atoms with van der Waals surface area (Å²) < 4.78 is 13.0. The van der Waals surface area contributed by atoms with Gasteiger partial charge in [-0.2, -0.15) is 0 Å². The molecule has 2 heterocycles. The van der Waals surface area contributed by atoms with Crippen LogP contribution in [0.25, 0.3) is 0 Å². The molecule has 2 N–H and O–H groups in total. The number of aliphatic carboxylic acids is 2. The van der Waals surface area contributed by atoms with Gasteiger partial charge in [0.1, 0.15) is 5.82 Å². The summed E-state index contributed by atoms with van der Waals surface area (Å²) in [6.45, 7) is 6.92. The van der Waals surface area contributed by atoms with Gasteiger partial charge in [-0.3, -0.25) is 9.69 Å². The second-order valence-corrected chi connectivity index (χ2v) is 7.80. The van der Waals surface area contributed by atoms with Crippen LogP contribution in [0.4, 0.5) is 4.39 Å². The fourth-order valence-corrected chi connectivity index (χ4v) is 3.67. The van der Waals surface area contributed by atoms with Crippen molar-refractivity contribution in [3.63, 3.8) is 0 Å². The number of carbonyl (C=O) groups excluding carboxylic acids is 1. The Hall–Kier alpha value is -2.48. The summed E-state index contributed by atoms with van der Waals surface area (Å²) in [7, 11) is 0. The largest absolute Gasteiger partial charge is 0.473 e. The molecular formula is C21H29FN2O5. The standard InChI is InChI=1S/C19H27FN2O.C2H2O4/c1-15-6-12-22(13-7-15)19(23)17-8-10-21(11-9-17)14-16-2-4-18(20)5-3-16;3-1(4)2(5)6/h2-5,15,17H,6-14H2,1H3;(H,3,4)(H,5,6). The molecule has 29 heavy (non-hydrogen) atoms. The first-order valence-corrected chi connectivity index (χ1v) is 9.98. The molecule has 3 rings (SSSR count). The highest BCUT2D eigenvalue weighted by atomic mass is 19.1. The number of amides is 1. The lowest BCUT2D eigenvalue weighted by molar-refractivity contribution is -0.159. The SMILES string of the molecule is CC1CCN(C(=O)C2CCN(Cc3ccc(F)cc3)CC2)CC1.O=C(O)C(=O)O. The third-order valence-corrected chi connectivity index (χ3v) is 5.53. The second-order valence-electron chi connectivity index (χ2n) is 7.80. The molecule has 2 aliphatic rings. The average Bonchev–Trinajstić information content (AvgIpc) is 2.71. The molecule has 0 saturated carbocycles. The molecule has 7 nitrogen and oxygen atoms in total. The van der Waals surface area contributed by atoms with Crippen molar-refractivity contribution in [1.82, 2.24) is 9.80 Å². The van der Waals surface area contributed by atoms with E-state index in [1.165, 1.54) is 12.1 Å². The lowest BCUT2D eigenvalue weighted by Crippen LogP contribution is -2.45. The number of nitrogens with zero attached hydrogens (tertiary/aromatic N) is 2. The van der Waals surface area contributed by atoms with Crippen molar-refractivity contribution in [2.24, 2.45) is 11.8 Å². The third kappa shape index (κ3) is 7.45. The zero-order valence-electron chi connectivity index (χ0n) is 16.7. The van der Waals surface area contributed by atoms with Gasteiger partial charge in [-0.05, 0) is 62.4 Å². The van der Waals surface area contributed by atoms with E-state index in [-0.39, 0.29) is 11.7 Å². The van der Waals surface area contributed by atoms with E-state index in [0.29, 0.717) is 5.91 Å². The summed E-state index contributed by atoms with van der Waals surface area (Å²) in [5.74, 6) is -2.50. The molecule has 0 spiro atoms. The van der Waals surface area contributed by atoms with E-state index in [4.69, 9.17) is 19.8 Å². The smallest absolute Gasteiger partial charge is 0.414 e. The van der Waals surface area contributed by atoms with Gasteiger partial charge < -0.3 is 15.1 Å². The molecule has 0 radical (unpaired) electrons. The Morgan fingerprint density at radius 2 is 1.45 bits per heavy atom. The van der Waals surface area contributed by atoms with Crippen LogP contribution < -0.4 is 0 Å². The van der Waals surface area contributed by atoms with Crippen molar-refractivity contribution in [2.45, 2.75) is 39.2 Å². The highest BCUT2D eigenvalue weighted by Crippen LogP contribution is 2.24. The van der Waals surface area contributed by atoms with Crippen LogP contribution in [-0.4, -0.2) is 64.0 Å². The van der Waals surface area contributed by atoms with Gasteiger partial charge in [0.2, 0.25) is 5.91 Å². The van der Waals surface area contributed by atoms with Crippen LogP contribution >= 0.6 is 0 Å². The van der Waals surface area contributed by atoms with E-state index in [1.54, 1.807) is 0 Å². The quantitative estimate of drug-likeness (QED) is 0.746. The highest BCUT2D eigenvalue weighted by molar-refractivity contribution is 6.27. The van der Waals surface area contributed by atoms with Crippen LogP contribution in [0.3, 0.4) is 0 Å². The van der Waals surface area contributed by atoms with Crippen molar-refractivity contribution in [3.05, 3.63) is 35.6 Å². The van der Waals surface area contributed by atoms with Crippen LogP contribution in [0, 0.1) is 17.7 Å². The zero-order chi connectivity index (χ0) is 21.4. The Labute approximate surface area is 170 Å². The number of carbonyl (C=O) groups is 3. The lowest BCUT2D eigenvalue weighted by atomic mass is 9.92. The molecule has 2 aliphatic heterocycles. The van der Waals surface area contributed by atoms with Gasteiger partial charge in [0.25, 0.3) is 0 Å². The van der Waals surface area contributed by atoms with Gasteiger partial charge in [0.05, 0.1) is 0 Å². The molecule has 1 aromatic carbocycles. The second kappa shape index (κ2) is 10.9. The highest BCUT2D eigenvalue weighted by Gasteiger charge is 2.30. The van der Waals surface area contributed by atoms with Crippen LogP contribution in [0.2, 0.25) is 0 Å². The van der Waals surface area contributed by atoms with E-state index in [2.05, 4.69) is 16.7 Å². The van der Waals surface area contributed by atoms with Crippen LogP contribution in [0.15, 0.2) is 24.3 Å². The van der Waals surface area contributed by atoms with E-state index in [9.17, 15) is 9.18 Å². The summed E-state index contributed by atoms with van der Waals surface area (Å²) in [5, 5.41) is 14.8. The maximum absolute atomic E-state index is 13.0. The average molecular weight is 408 g/mol. The summed E-state index contributed by atoms with van der Waals surface area (Å²) in [6.07, 6.45) is 4.20. The van der Waals surface area contributed by atoms with Gasteiger partial charge in [0.15, 0.2) is 0 Å². The van der Waals surface area contributed by atoms with Crippen molar-refractivity contribution in [2.75, 3.05) is 26.2 Å². The number of piperidine rings is 2. The molecule has 160 valence electrons. The molecule has 0 atom stereocenters. The topological polar surface area (TPSA) is 98.2 Å². The Bertz CT molecular complexity index is 682. The Balaban J connectivity index is 0.000000438. The van der Waals surface area contributed by atoms with Gasteiger partial charge >= 0.3 is 11.9 Å². The van der Waals surface area contributed by atoms with Crippen LogP contribution in [0.5, 0.6) is 0 Å². The minimum absolute atomic E-state index is 0.186. The normalized spacial score (nSPS) is 18.6. The molecule has 2 saturated heterocycles. The first-order chi connectivity index (χ1) is 13.8. The van der Waals surface area contributed by atoms with Crippen molar-refractivity contribution in [1.29, 1.82) is 0 Å². The summed E-state index contributed by atoms with van der Waals surface area (Å²) in [5.41, 5.74) is 1.14. The number of halogens is 1. The molecule has 0 unspecified atom stereocenters. The third-order valence-electron chi connectivity index (χ3n) is 5.53. The van der Waals surface area contributed by atoms with Crippen LogP contribution in [0.1, 0.15) is 38.2 Å². The maximum atomic E-state index is 13.0. The molecule has 2 fully saturated rings. The fourth-order valence-electron chi connectivity index (χ4n) is 3.67. The molecule has 8 heteroatoms. The molecule has 0 aliphatic carbocycles. The first kappa shape index (κ1) is 22.8. The number of hydrogen-bond acceptors (Lipinski definition) is 4. The minimum atomic E-state index is -1.82. The predicted octanol–water partition coefficient (Wildman–Crippen LogP) is 2.45. The maximum Gasteiger partial charge on any atom is 0.414 e. The first-order valence-electron chi connectivity index (χ1n) is 9.98. The predicted molar refractivity (Wildman–Crippen MR) is 105 cm³/mol. The number of hydrogen-bond donors (Lipinski definition) is 2.